The molecule has 0 radical (unpaired) electrons. The van der Waals surface area contributed by atoms with Crippen LogP contribution in [0.5, 0.6) is 0 Å². The summed E-state index contributed by atoms with van der Waals surface area (Å²) < 4.78 is 0. The van der Waals surface area contributed by atoms with Gasteiger partial charge in [-0.2, -0.15) is 0 Å². The van der Waals surface area contributed by atoms with Crippen LogP contribution in [0.4, 0.5) is 0 Å². The zero-order chi connectivity index (χ0) is 16.2. The third-order valence-electron chi connectivity index (χ3n) is 4.46. The van der Waals surface area contributed by atoms with Crippen LogP contribution in [-0.4, -0.2) is 59.9 Å². The summed E-state index contributed by atoms with van der Waals surface area (Å²) in [4.78, 5) is 38.3. The van der Waals surface area contributed by atoms with Gasteiger partial charge in [0, 0.05) is 40.0 Å². The van der Waals surface area contributed by atoms with Gasteiger partial charge in [0.2, 0.25) is 11.8 Å². The van der Waals surface area contributed by atoms with Gasteiger partial charge >= 0.3 is 5.97 Å². The van der Waals surface area contributed by atoms with Crippen LogP contribution in [0.1, 0.15) is 39.5 Å². The van der Waals surface area contributed by atoms with Crippen LogP contribution in [0, 0.1) is 11.3 Å². The molecule has 0 aliphatic carbocycles. The molecule has 2 amide bonds. The van der Waals surface area contributed by atoms with Crippen LogP contribution in [0.25, 0.3) is 0 Å². The van der Waals surface area contributed by atoms with Crippen LogP contribution < -0.4 is 0 Å². The van der Waals surface area contributed by atoms with E-state index in [9.17, 15) is 19.5 Å². The maximum atomic E-state index is 12.1. The van der Waals surface area contributed by atoms with Gasteiger partial charge in [0.25, 0.3) is 0 Å². The van der Waals surface area contributed by atoms with Gasteiger partial charge in [-0.05, 0) is 18.8 Å². The van der Waals surface area contributed by atoms with Crippen molar-refractivity contribution >= 4 is 17.8 Å². The molecule has 1 heterocycles. The molecular weight excluding hydrogens is 272 g/mol. The van der Waals surface area contributed by atoms with Crippen molar-refractivity contribution in [2.24, 2.45) is 11.3 Å². The van der Waals surface area contributed by atoms with Crippen molar-refractivity contribution in [2.45, 2.75) is 39.5 Å². The number of carbonyl (C=O) groups excluding carboxylic acids is 2. The maximum absolute atomic E-state index is 12.1. The van der Waals surface area contributed by atoms with Crippen molar-refractivity contribution in [3.8, 4) is 0 Å². The molecule has 1 rings (SSSR count). The molecule has 0 aromatic rings. The predicted molar refractivity (Wildman–Crippen MR) is 78.6 cm³/mol. The molecule has 1 aliphatic heterocycles. The van der Waals surface area contributed by atoms with Crippen molar-refractivity contribution in [2.75, 3.05) is 27.2 Å². The Labute approximate surface area is 126 Å². The highest BCUT2D eigenvalue weighted by Gasteiger charge is 2.48. The SMILES string of the molecule is CC(C)C1(C(=O)O)CCN(C(=O)CCCC(=O)N(C)C)C1. The summed E-state index contributed by atoms with van der Waals surface area (Å²) in [6.07, 6.45) is 1.66. The predicted octanol–water partition coefficient (Wildman–Crippen LogP) is 1.20. The van der Waals surface area contributed by atoms with Crippen molar-refractivity contribution in [3.63, 3.8) is 0 Å². The van der Waals surface area contributed by atoms with Gasteiger partial charge in [-0.25, -0.2) is 0 Å². The molecule has 0 saturated carbocycles. The second-order valence-corrected chi connectivity index (χ2v) is 6.32. The Morgan fingerprint density at radius 3 is 2.29 bits per heavy atom. The Kier molecular flexibility index (Phi) is 5.75. The number of likely N-dealkylation sites (tertiary alicyclic amines) is 1. The van der Waals surface area contributed by atoms with Gasteiger partial charge in [-0.3, -0.25) is 14.4 Å². The molecular formula is C15H26N2O4. The average Bonchev–Trinajstić information content (AvgIpc) is 2.84. The lowest BCUT2D eigenvalue weighted by Crippen LogP contribution is -2.40. The van der Waals surface area contributed by atoms with Crippen molar-refractivity contribution < 1.29 is 19.5 Å². The summed E-state index contributed by atoms with van der Waals surface area (Å²) in [5, 5.41) is 9.46. The number of amides is 2. The van der Waals surface area contributed by atoms with Gasteiger partial charge in [0.05, 0.1) is 5.41 Å². The number of carbonyl (C=O) groups is 3. The van der Waals surface area contributed by atoms with E-state index >= 15 is 0 Å². The van der Waals surface area contributed by atoms with Crippen LogP contribution in [-0.2, 0) is 14.4 Å². The summed E-state index contributed by atoms with van der Waals surface area (Å²) in [7, 11) is 3.38. The van der Waals surface area contributed by atoms with E-state index in [1.807, 2.05) is 13.8 Å². The maximum Gasteiger partial charge on any atom is 0.311 e. The van der Waals surface area contributed by atoms with Gasteiger partial charge in [-0.1, -0.05) is 13.8 Å². The number of carboxylic acids is 1. The fourth-order valence-corrected chi connectivity index (χ4v) is 2.71. The Balaban J connectivity index is 2.51. The normalized spacial score (nSPS) is 21.7. The third-order valence-corrected chi connectivity index (χ3v) is 4.46. The second-order valence-electron chi connectivity index (χ2n) is 6.32. The van der Waals surface area contributed by atoms with E-state index in [4.69, 9.17) is 0 Å². The molecule has 6 nitrogen and oxygen atoms in total. The molecule has 1 unspecified atom stereocenters. The average molecular weight is 298 g/mol. The minimum Gasteiger partial charge on any atom is -0.481 e. The second kappa shape index (κ2) is 6.91. The molecule has 1 N–H and O–H groups in total. The summed E-state index contributed by atoms with van der Waals surface area (Å²) >= 11 is 0. The van der Waals surface area contributed by atoms with E-state index in [1.165, 1.54) is 4.90 Å². The Hall–Kier alpha value is -1.59. The summed E-state index contributed by atoms with van der Waals surface area (Å²) in [6.45, 7) is 4.54. The Morgan fingerprint density at radius 2 is 1.86 bits per heavy atom. The first-order chi connectivity index (χ1) is 9.70. The van der Waals surface area contributed by atoms with Gasteiger partial charge in [0.15, 0.2) is 0 Å². The highest BCUT2D eigenvalue weighted by molar-refractivity contribution is 5.81. The fraction of sp³-hybridized carbons (Fsp3) is 0.800. The lowest BCUT2D eigenvalue weighted by Gasteiger charge is -2.28. The number of nitrogens with zero attached hydrogens (tertiary/aromatic N) is 2. The Bertz CT molecular complexity index is 420. The van der Waals surface area contributed by atoms with Gasteiger partial charge in [0.1, 0.15) is 0 Å². The lowest BCUT2D eigenvalue weighted by molar-refractivity contribution is -0.151. The quantitative estimate of drug-likeness (QED) is 0.799. The fourth-order valence-electron chi connectivity index (χ4n) is 2.71. The van der Waals surface area contributed by atoms with Gasteiger partial charge in [-0.15, -0.1) is 0 Å². The zero-order valence-corrected chi connectivity index (χ0v) is 13.4. The number of hydrogen-bond acceptors (Lipinski definition) is 3. The monoisotopic (exact) mass is 298 g/mol. The molecule has 0 spiro atoms. The summed E-state index contributed by atoms with van der Waals surface area (Å²) in [6, 6.07) is 0. The first-order valence-electron chi connectivity index (χ1n) is 7.42. The molecule has 21 heavy (non-hydrogen) atoms. The van der Waals surface area contributed by atoms with Crippen LogP contribution in [0.2, 0.25) is 0 Å². The molecule has 0 aromatic heterocycles. The topological polar surface area (TPSA) is 77.9 Å². The summed E-state index contributed by atoms with van der Waals surface area (Å²) in [5.41, 5.74) is -0.824. The van der Waals surface area contributed by atoms with E-state index in [1.54, 1.807) is 19.0 Å². The van der Waals surface area contributed by atoms with E-state index in [-0.39, 0.29) is 24.3 Å². The van der Waals surface area contributed by atoms with Gasteiger partial charge < -0.3 is 14.9 Å². The molecule has 0 aromatic carbocycles. The molecule has 1 saturated heterocycles. The summed E-state index contributed by atoms with van der Waals surface area (Å²) in [5.74, 6) is -0.879. The molecule has 6 heteroatoms. The lowest BCUT2D eigenvalue weighted by atomic mass is 9.76. The van der Waals surface area contributed by atoms with E-state index in [0.29, 0.717) is 32.2 Å². The first-order valence-corrected chi connectivity index (χ1v) is 7.42. The first kappa shape index (κ1) is 17.5. The standard InChI is InChI=1S/C15H26N2O4/c1-11(2)15(14(20)21)8-9-17(10-15)13(19)7-5-6-12(18)16(3)4/h11H,5-10H2,1-4H3,(H,20,21). The molecule has 0 bridgehead atoms. The minimum absolute atomic E-state index is 0.00582. The number of rotatable bonds is 6. The number of carboxylic acid groups (broad SMARTS) is 1. The highest BCUT2D eigenvalue weighted by atomic mass is 16.4. The number of hydrogen-bond donors (Lipinski definition) is 1. The number of aliphatic carboxylic acids is 1. The van der Waals surface area contributed by atoms with E-state index < -0.39 is 11.4 Å². The van der Waals surface area contributed by atoms with E-state index in [0.717, 1.165) is 0 Å². The molecule has 1 aliphatic rings. The highest BCUT2D eigenvalue weighted by Crippen LogP contribution is 2.38. The van der Waals surface area contributed by atoms with Crippen molar-refractivity contribution in [3.05, 3.63) is 0 Å². The smallest absolute Gasteiger partial charge is 0.311 e. The largest absolute Gasteiger partial charge is 0.481 e. The van der Waals surface area contributed by atoms with Crippen LogP contribution in [0.15, 0.2) is 0 Å². The molecule has 120 valence electrons. The van der Waals surface area contributed by atoms with Crippen LogP contribution >= 0.6 is 0 Å². The van der Waals surface area contributed by atoms with Crippen molar-refractivity contribution in [1.82, 2.24) is 9.80 Å². The van der Waals surface area contributed by atoms with Crippen molar-refractivity contribution in [1.29, 1.82) is 0 Å². The molecule has 1 fully saturated rings. The third kappa shape index (κ3) is 3.95. The Morgan fingerprint density at radius 1 is 1.24 bits per heavy atom. The zero-order valence-electron chi connectivity index (χ0n) is 13.4. The van der Waals surface area contributed by atoms with E-state index in [2.05, 4.69) is 0 Å². The minimum atomic E-state index is -0.824. The molecule has 1 atom stereocenters. The van der Waals surface area contributed by atoms with Crippen LogP contribution in [0.3, 0.4) is 0 Å².